The van der Waals surface area contributed by atoms with Crippen LogP contribution < -0.4 is 11.5 Å². The van der Waals surface area contributed by atoms with Crippen molar-refractivity contribution in [3.63, 3.8) is 0 Å². The van der Waals surface area contributed by atoms with Gasteiger partial charge in [0.05, 0.1) is 6.04 Å². The minimum atomic E-state index is -0.573. The first-order valence-corrected chi connectivity index (χ1v) is 7.52. The van der Waals surface area contributed by atoms with Crippen LogP contribution in [0.4, 0.5) is 0 Å². The Balaban J connectivity index is 2.31. The van der Waals surface area contributed by atoms with Crippen LogP contribution >= 0.6 is 0 Å². The maximum Gasteiger partial charge on any atom is 0.180 e. The number of hydrogen-bond acceptors (Lipinski definition) is 4. The van der Waals surface area contributed by atoms with Crippen LogP contribution in [0.5, 0.6) is 5.75 Å². The van der Waals surface area contributed by atoms with Crippen LogP contribution in [0, 0.1) is 0 Å². The number of unbranched alkanes of at least 4 members (excludes halogenated alkanes) is 1. The third-order valence-electron chi connectivity index (χ3n) is 3.68. The predicted molar refractivity (Wildman–Crippen MR) is 88.8 cm³/mol. The van der Waals surface area contributed by atoms with Crippen molar-refractivity contribution < 1.29 is 9.90 Å². The second kappa shape index (κ2) is 7.73. The van der Waals surface area contributed by atoms with Crippen molar-refractivity contribution in [3.05, 3.63) is 54.1 Å². The van der Waals surface area contributed by atoms with Gasteiger partial charge in [0.15, 0.2) is 5.78 Å². The monoisotopic (exact) mass is 298 g/mol. The average molecular weight is 298 g/mol. The molecule has 0 fully saturated rings. The lowest BCUT2D eigenvalue weighted by atomic mass is 9.92. The number of phenols is 1. The summed E-state index contributed by atoms with van der Waals surface area (Å²) in [6, 6.07) is 13.8. The van der Waals surface area contributed by atoms with Gasteiger partial charge in [-0.2, -0.15) is 0 Å². The number of aromatic hydroxyl groups is 1. The molecule has 0 radical (unpaired) electrons. The number of ketones is 1. The first kappa shape index (κ1) is 16.2. The molecule has 0 aliphatic heterocycles. The lowest BCUT2D eigenvalue weighted by molar-refractivity contribution is 0.0956. The van der Waals surface area contributed by atoms with Crippen molar-refractivity contribution in [2.45, 2.75) is 25.3 Å². The van der Waals surface area contributed by atoms with E-state index in [-0.39, 0.29) is 11.5 Å². The van der Waals surface area contributed by atoms with Gasteiger partial charge < -0.3 is 16.6 Å². The topological polar surface area (TPSA) is 89.3 Å². The van der Waals surface area contributed by atoms with Gasteiger partial charge in [-0.05, 0) is 31.0 Å². The number of hydrogen-bond donors (Lipinski definition) is 3. The summed E-state index contributed by atoms with van der Waals surface area (Å²) >= 11 is 0. The van der Waals surface area contributed by atoms with Crippen molar-refractivity contribution in [3.8, 4) is 16.9 Å². The van der Waals surface area contributed by atoms with Gasteiger partial charge in [0.1, 0.15) is 5.75 Å². The zero-order valence-corrected chi connectivity index (χ0v) is 12.5. The fourth-order valence-electron chi connectivity index (χ4n) is 2.49. The third-order valence-corrected chi connectivity index (χ3v) is 3.68. The van der Waals surface area contributed by atoms with E-state index in [1.165, 1.54) is 0 Å². The minimum Gasteiger partial charge on any atom is -0.507 e. The second-order valence-corrected chi connectivity index (χ2v) is 5.32. The van der Waals surface area contributed by atoms with E-state index in [1.807, 2.05) is 30.3 Å². The molecule has 0 aromatic heterocycles. The Bertz CT molecular complexity index is 626. The Morgan fingerprint density at radius 2 is 1.77 bits per heavy atom. The molecule has 116 valence electrons. The molecule has 0 saturated heterocycles. The SMILES string of the molecule is NCCCCC(N)C(=O)c1cccc(O)c1-c1ccccc1. The van der Waals surface area contributed by atoms with Gasteiger partial charge in [-0.15, -0.1) is 0 Å². The van der Waals surface area contributed by atoms with Crippen molar-refractivity contribution in [2.75, 3.05) is 6.54 Å². The van der Waals surface area contributed by atoms with Gasteiger partial charge in [-0.25, -0.2) is 0 Å². The highest BCUT2D eigenvalue weighted by atomic mass is 16.3. The van der Waals surface area contributed by atoms with E-state index in [9.17, 15) is 9.90 Å². The van der Waals surface area contributed by atoms with Crippen molar-refractivity contribution in [2.24, 2.45) is 11.5 Å². The average Bonchev–Trinajstić information content (AvgIpc) is 2.55. The van der Waals surface area contributed by atoms with E-state index in [1.54, 1.807) is 18.2 Å². The summed E-state index contributed by atoms with van der Waals surface area (Å²) in [6.45, 7) is 0.600. The zero-order valence-electron chi connectivity index (χ0n) is 12.5. The molecule has 0 spiro atoms. The molecule has 0 aliphatic carbocycles. The molecule has 0 bridgehead atoms. The van der Waals surface area contributed by atoms with Crippen LogP contribution in [0.15, 0.2) is 48.5 Å². The van der Waals surface area contributed by atoms with Gasteiger partial charge >= 0.3 is 0 Å². The van der Waals surface area contributed by atoms with Crippen molar-refractivity contribution in [1.82, 2.24) is 0 Å². The summed E-state index contributed by atoms with van der Waals surface area (Å²) in [5.74, 6) is -0.0574. The zero-order chi connectivity index (χ0) is 15.9. The molecule has 0 saturated carbocycles. The van der Waals surface area contributed by atoms with Gasteiger partial charge in [0.2, 0.25) is 0 Å². The van der Waals surface area contributed by atoms with Gasteiger partial charge in [-0.3, -0.25) is 4.79 Å². The van der Waals surface area contributed by atoms with Crippen molar-refractivity contribution in [1.29, 1.82) is 0 Å². The number of carbonyl (C=O) groups is 1. The molecule has 0 amide bonds. The van der Waals surface area contributed by atoms with Crippen molar-refractivity contribution >= 4 is 5.78 Å². The number of carbonyl (C=O) groups excluding carboxylic acids is 1. The molecule has 0 heterocycles. The van der Waals surface area contributed by atoms with Crippen LogP contribution in [-0.2, 0) is 0 Å². The maximum atomic E-state index is 12.6. The Morgan fingerprint density at radius 3 is 2.45 bits per heavy atom. The lowest BCUT2D eigenvalue weighted by Gasteiger charge is -2.15. The van der Waals surface area contributed by atoms with E-state index >= 15 is 0 Å². The molecule has 0 aliphatic rings. The van der Waals surface area contributed by atoms with Crippen LogP contribution in [-0.4, -0.2) is 23.5 Å². The van der Waals surface area contributed by atoms with Gasteiger partial charge in [-0.1, -0.05) is 48.9 Å². The Hall–Kier alpha value is -2.17. The van der Waals surface area contributed by atoms with Crippen LogP contribution in [0.2, 0.25) is 0 Å². The smallest absolute Gasteiger partial charge is 0.180 e. The molecule has 2 aromatic rings. The van der Waals surface area contributed by atoms with E-state index in [0.29, 0.717) is 24.1 Å². The Morgan fingerprint density at radius 1 is 1.05 bits per heavy atom. The first-order chi connectivity index (χ1) is 10.6. The minimum absolute atomic E-state index is 0.0891. The van der Waals surface area contributed by atoms with Crippen LogP contribution in [0.3, 0.4) is 0 Å². The summed E-state index contributed by atoms with van der Waals surface area (Å²) in [7, 11) is 0. The summed E-state index contributed by atoms with van der Waals surface area (Å²) in [4.78, 5) is 12.6. The molecule has 2 rings (SSSR count). The number of Topliss-reactive ketones (excluding diaryl/α,β-unsaturated/α-hetero) is 1. The van der Waals surface area contributed by atoms with Crippen LogP contribution in [0.25, 0.3) is 11.1 Å². The van der Waals surface area contributed by atoms with E-state index < -0.39 is 6.04 Å². The summed E-state index contributed by atoms with van der Waals surface area (Å²) in [5, 5.41) is 10.2. The summed E-state index contributed by atoms with van der Waals surface area (Å²) in [6.07, 6.45) is 2.27. The normalized spacial score (nSPS) is 12.1. The van der Waals surface area contributed by atoms with Gasteiger partial charge in [0.25, 0.3) is 0 Å². The standard InChI is InChI=1S/C18H22N2O2/c19-12-5-4-10-15(20)18(22)14-9-6-11-16(21)17(14)13-7-2-1-3-8-13/h1-3,6-9,11,15,21H,4-5,10,12,19-20H2. The summed E-state index contributed by atoms with van der Waals surface area (Å²) in [5.41, 5.74) is 13.3. The quantitative estimate of drug-likeness (QED) is 0.541. The molecule has 1 unspecified atom stereocenters. The highest BCUT2D eigenvalue weighted by Gasteiger charge is 2.21. The molecule has 2 aromatic carbocycles. The highest BCUT2D eigenvalue weighted by Crippen LogP contribution is 2.33. The molecule has 4 nitrogen and oxygen atoms in total. The number of nitrogens with two attached hydrogens (primary N) is 2. The molecule has 4 heteroatoms. The fourth-order valence-corrected chi connectivity index (χ4v) is 2.49. The molecule has 22 heavy (non-hydrogen) atoms. The summed E-state index contributed by atoms with van der Waals surface area (Å²) < 4.78 is 0. The van der Waals surface area contributed by atoms with Gasteiger partial charge in [0, 0.05) is 11.1 Å². The first-order valence-electron chi connectivity index (χ1n) is 7.52. The Labute approximate surface area is 130 Å². The Kier molecular flexibility index (Phi) is 5.69. The molecule has 5 N–H and O–H groups in total. The van der Waals surface area contributed by atoms with E-state index in [0.717, 1.165) is 18.4 Å². The van der Waals surface area contributed by atoms with E-state index in [4.69, 9.17) is 11.5 Å². The molecular weight excluding hydrogens is 276 g/mol. The number of rotatable bonds is 7. The van der Waals surface area contributed by atoms with Crippen LogP contribution in [0.1, 0.15) is 29.6 Å². The molecule has 1 atom stereocenters. The number of benzene rings is 2. The highest BCUT2D eigenvalue weighted by molar-refractivity contribution is 6.06. The predicted octanol–water partition coefficient (Wildman–Crippen LogP) is 2.70. The molecular formula is C18H22N2O2. The lowest BCUT2D eigenvalue weighted by Crippen LogP contribution is -2.31. The number of phenolic OH excluding ortho intramolecular Hbond substituents is 1. The fraction of sp³-hybridized carbons (Fsp3) is 0.278. The third kappa shape index (κ3) is 3.72. The largest absolute Gasteiger partial charge is 0.507 e. The van der Waals surface area contributed by atoms with E-state index in [2.05, 4.69) is 0 Å². The maximum absolute atomic E-state index is 12.6. The second-order valence-electron chi connectivity index (χ2n) is 5.32.